The molecule has 0 fully saturated rings. The number of esters is 1. The molecule has 0 radical (unpaired) electrons. The van der Waals surface area contributed by atoms with E-state index in [1.54, 1.807) is 55.6 Å². The van der Waals surface area contributed by atoms with Crippen molar-refractivity contribution in [3.05, 3.63) is 71.0 Å². The van der Waals surface area contributed by atoms with Gasteiger partial charge in [-0.3, -0.25) is 4.79 Å². The lowest BCUT2D eigenvalue weighted by Gasteiger charge is -2.00. The highest BCUT2D eigenvalue weighted by Crippen LogP contribution is 2.20. The van der Waals surface area contributed by atoms with Crippen LogP contribution in [0.2, 0.25) is 0 Å². The Morgan fingerprint density at radius 1 is 1.07 bits per heavy atom. The van der Waals surface area contributed by atoms with Crippen LogP contribution in [0.1, 0.15) is 5.89 Å². The Bertz CT molecular complexity index is 1190. The van der Waals surface area contributed by atoms with Crippen molar-refractivity contribution in [2.75, 3.05) is 7.11 Å². The van der Waals surface area contributed by atoms with E-state index in [1.165, 1.54) is 0 Å². The fourth-order valence-corrected chi connectivity index (χ4v) is 2.58. The van der Waals surface area contributed by atoms with Crippen molar-refractivity contribution in [3.63, 3.8) is 0 Å². The number of hydrogen-bond acceptors (Lipinski definition) is 9. The van der Waals surface area contributed by atoms with E-state index in [-0.39, 0.29) is 18.4 Å². The first-order chi connectivity index (χ1) is 14.6. The summed E-state index contributed by atoms with van der Waals surface area (Å²) < 4.78 is 21.2. The Balaban J connectivity index is 1.36. The minimum Gasteiger partial charge on any atom is -0.497 e. The Kier molecular flexibility index (Phi) is 5.37. The largest absolute Gasteiger partial charge is 0.497 e. The molecule has 0 aliphatic rings. The molecule has 4 aromatic rings. The summed E-state index contributed by atoms with van der Waals surface area (Å²) in [5.41, 5.74) is 1.35. The molecule has 4 rings (SSSR count). The highest BCUT2D eigenvalue weighted by Gasteiger charge is 2.16. The first-order valence-electron chi connectivity index (χ1n) is 8.88. The highest BCUT2D eigenvalue weighted by atomic mass is 16.6. The molecular weight excluding hydrogens is 392 g/mol. The van der Waals surface area contributed by atoms with Crippen molar-refractivity contribution in [1.29, 1.82) is 0 Å². The molecule has 10 nitrogen and oxygen atoms in total. The smallest absolute Gasteiger partial charge is 0.437 e. The molecule has 30 heavy (non-hydrogen) atoms. The van der Waals surface area contributed by atoms with Crippen LogP contribution in [0.25, 0.3) is 22.8 Å². The van der Waals surface area contributed by atoms with Crippen LogP contribution in [-0.4, -0.2) is 33.0 Å². The Morgan fingerprint density at radius 2 is 1.83 bits per heavy atom. The SMILES string of the molecule is COc1ccc(-c2noc(COC(=O)Cn3nc(-c4ccccc4)oc3=O)n2)cc1. The predicted molar refractivity (Wildman–Crippen MR) is 102 cm³/mol. The monoisotopic (exact) mass is 408 g/mol. The summed E-state index contributed by atoms with van der Waals surface area (Å²) in [6.07, 6.45) is 0. The summed E-state index contributed by atoms with van der Waals surface area (Å²) in [4.78, 5) is 28.1. The average molecular weight is 408 g/mol. The topological polar surface area (TPSA) is 122 Å². The van der Waals surface area contributed by atoms with Crippen LogP contribution in [0.5, 0.6) is 5.75 Å². The van der Waals surface area contributed by atoms with Crippen LogP contribution < -0.4 is 10.5 Å². The third kappa shape index (κ3) is 4.27. The molecule has 0 bridgehead atoms. The van der Waals surface area contributed by atoms with Crippen LogP contribution in [0.15, 0.2) is 68.3 Å². The van der Waals surface area contributed by atoms with Gasteiger partial charge >= 0.3 is 11.7 Å². The Labute approximate surface area is 169 Å². The van der Waals surface area contributed by atoms with Gasteiger partial charge in [0.05, 0.1) is 7.11 Å². The molecule has 0 amide bonds. The molecule has 152 valence electrons. The van der Waals surface area contributed by atoms with Gasteiger partial charge in [-0.25, -0.2) is 4.79 Å². The quantitative estimate of drug-likeness (QED) is 0.424. The molecule has 0 saturated heterocycles. The van der Waals surface area contributed by atoms with E-state index in [2.05, 4.69) is 15.2 Å². The van der Waals surface area contributed by atoms with Crippen molar-refractivity contribution < 1.29 is 23.2 Å². The second-order valence-electron chi connectivity index (χ2n) is 6.10. The standard InChI is InChI=1S/C20H16N4O6/c1-27-15-9-7-13(8-10-15)18-21-16(30-23-18)12-28-17(25)11-24-20(26)29-19(22-24)14-5-3-2-4-6-14/h2-10H,11-12H2,1H3. The molecule has 2 aromatic carbocycles. The number of carbonyl (C=O) groups excluding carboxylic acids is 1. The summed E-state index contributed by atoms with van der Waals surface area (Å²) in [5.74, 6) is -0.167. The molecule has 0 atom stereocenters. The lowest BCUT2D eigenvalue weighted by atomic mass is 10.2. The molecule has 0 N–H and O–H groups in total. The minimum atomic E-state index is -0.759. The van der Waals surface area contributed by atoms with Gasteiger partial charge in [0, 0.05) is 11.1 Å². The maximum absolute atomic E-state index is 12.1. The second-order valence-corrected chi connectivity index (χ2v) is 6.10. The van der Waals surface area contributed by atoms with Gasteiger partial charge in [0.2, 0.25) is 11.7 Å². The molecule has 0 unspecified atom stereocenters. The van der Waals surface area contributed by atoms with Gasteiger partial charge < -0.3 is 18.4 Å². The van der Waals surface area contributed by atoms with Crippen molar-refractivity contribution in [1.82, 2.24) is 19.9 Å². The molecule has 0 spiro atoms. The van der Waals surface area contributed by atoms with Crippen LogP contribution >= 0.6 is 0 Å². The summed E-state index contributed by atoms with van der Waals surface area (Å²) in [6.45, 7) is -0.644. The van der Waals surface area contributed by atoms with E-state index in [4.69, 9.17) is 18.4 Å². The van der Waals surface area contributed by atoms with Crippen molar-refractivity contribution in [2.24, 2.45) is 0 Å². The Morgan fingerprint density at radius 3 is 2.57 bits per heavy atom. The molecule has 0 aliphatic heterocycles. The number of benzene rings is 2. The van der Waals surface area contributed by atoms with Gasteiger partial charge in [0.25, 0.3) is 5.89 Å². The Hall–Kier alpha value is -4.21. The van der Waals surface area contributed by atoms with Crippen molar-refractivity contribution in [3.8, 4) is 28.6 Å². The third-order valence-corrected chi connectivity index (χ3v) is 4.08. The number of carbonyl (C=O) groups is 1. The minimum absolute atomic E-state index is 0.117. The predicted octanol–water partition coefficient (Wildman–Crippen LogP) is 2.31. The molecule has 2 aromatic heterocycles. The van der Waals surface area contributed by atoms with E-state index in [0.717, 1.165) is 10.2 Å². The third-order valence-electron chi connectivity index (χ3n) is 4.08. The number of aromatic nitrogens is 4. The number of methoxy groups -OCH3 is 1. The van der Waals surface area contributed by atoms with E-state index >= 15 is 0 Å². The lowest BCUT2D eigenvalue weighted by molar-refractivity contribution is -0.146. The normalized spacial score (nSPS) is 10.7. The fraction of sp³-hybridized carbons (Fsp3) is 0.150. The summed E-state index contributed by atoms with van der Waals surface area (Å²) in [5, 5.41) is 7.86. The summed E-state index contributed by atoms with van der Waals surface area (Å²) in [7, 11) is 1.57. The lowest BCUT2D eigenvalue weighted by Crippen LogP contribution is -2.23. The molecule has 2 heterocycles. The fourth-order valence-electron chi connectivity index (χ4n) is 2.58. The number of ether oxygens (including phenoxy) is 2. The van der Waals surface area contributed by atoms with Crippen molar-refractivity contribution >= 4 is 5.97 Å². The highest BCUT2D eigenvalue weighted by molar-refractivity contribution is 5.69. The molecule has 0 aliphatic carbocycles. The summed E-state index contributed by atoms with van der Waals surface area (Å²) in [6, 6.07) is 16.0. The zero-order chi connectivity index (χ0) is 20.9. The average Bonchev–Trinajstić information content (AvgIpc) is 3.40. The van der Waals surface area contributed by atoms with Gasteiger partial charge in [-0.1, -0.05) is 23.4 Å². The van der Waals surface area contributed by atoms with Gasteiger partial charge in [-0.15, -0.1) is 5.10 Å². The van der Waals surface area contributed by atoms with Crippen LogP contribution in [0.4, 0.5) is 0 Å². The van der Waals surface area contributed by atoms with Crippen molar-refractivity contribution in [2.45, 2.75) is 13.2 Å². The molecule has 10 heteroatoms. The maximum atomic E-state index is 12.1. The van der Waals surface area contributed by atoms with E-state index < -0.39 is 18.3 Å². The van der Waals surface area contributed by atoms with Crippen LogP contribution in [-0.2, 0) is 22.7 Å². The van der Waals surface area contributed by atoms with E-state index in [0.29, 0.717) is 17.1 Å². The van der Waals surface area contributed by atoms with Gasteiger partial charge in [0.15, 0.2) is 6.61 Å². The second kappa shape index (κ2) is 8.43. The summed E-state index contributed by atoms with van der Waals surface area (Å²) >= 11 is 0. The van der Waals surface area contributed by atoms with Gasteiger partial charge in [-0.2, -0.15) is 9.67 Å². The first kappa shape index (κ1) is 19.1. The first-order valence-corrected chi connectivity index (χ1v) is 8.88. The van der Waals surface area contributed by atoms with E-state index in [9.17, 15) is 9.59 Å². The maximum Gasteiger partial charge on any atom is 0.437 e. The zero-order valence-electron chi connectivity index (χ0n) is 15.8. The van der Waals surface area contributed by atoms with E-state index in [1.807, 2.05) is 6.07 Å². The number of hydrogen-bond donors (Lipinski definition) is 0. The van der Waals surface area contributed by atoms with Crippen LogP contribution in [0.3, 0.4) is 0 Å². The molecule has 0 saturated carbocycles. The van der Waals surface area contributed by atoms with Crippen LogP contribution in [0, 0.1) is 0 Å². The number of rotatable bonds is 7. The molecular formula is C20H16N4O6. The number of nitrogens with zero attached hydrogens (tertiary/aromatic N) is 4. The van der Waals surface area contributed by atoms with Gasteiger partial charge in [0.1, 0.15) is 12.3 Å². The zero-order valence-corrected chi connectivity index (χ0v) is 15.8. The van der Waals surface area contributed by atoms with Gasteiger partial charge in [-0.05, 0) is 36.4 Å².